The second-order valence-electron chi connectivity index (χ2n) is 6.92. The topological polar surface area (TPSA) is 38.0 Å². The fraction of sp³-hybridized carbons (Fsp3) is 0.812. The fourth-order valence-corrected chi connectivity index (χ4v) is 3.89. The minimum atomic E-state index is -0.563. The molecule has 1 aliphatic carbocycles. The minimum Gasteiger partial charge on any atom is -0.389 e. The first-order valence-corrected chi connectivity index (χ1v) is 7.53. The van der Waals surface area contributed by atoms with Crippen LogP contribution in [0.3, 0.4) is 0 Å². The Bertz CT molecular complexity index is 438. The van der Waals surface area contributed by atoms with Gasteiger partial charge in [0.05, 0.1) is 11.3 Å². The average molecular weight is 264 g/mol. The van der Waals surface area contributed by atoms with Crippen molar-refractivity contribution >= 4 is 0 Å². The van der Waals surface area contributed by atoms with Crippen molar-refractivity contribution in [3.05, 3.63) is 17.5 Å². The molecule has 0 spiro atoms. The molecule has 0 bridgehead atoms. The molecular weight excluding hydrogens is 236 g/mol. The van der Waals surface area contributed by atoms with Crippen molar-refractivity contribution < 1.29 is 5.11 Å². The molecule has 0 amide bonds. The van der Waals surface area contributed by atoms with E-state index in [1.807, 2.05) is 18.7 Å². The number of aliphatic hydroxyl groups is 1. The molecule has 1 heterocycles. The van der Waals surface area contributed by atoms with Crippen molar-refractivity contribution in [1.82, 2.24) is 9.78 Å². The van der Waals surface area contributed by atoms with Gasteiger partial charge in [-0.15, -0.1) is 0 Å². The van der Waals surface area contributed by atoms with Crippen LogP contribution in [0.4, 0.5) is 0 Å². The van der Waals surface area contributed by atoms with Crippen molar-refractivity contribution in [2.45, 2.75) is 59.0 Å². The molecule has 1 aromatic rings. The average Bonchev–Trinajstić information content (AvgIpc) is 2.55. The van der Waals surface area contributed by atoms with E-state index in [1.54, 1.807) is 0 Å². The van der Waals surface area contributed by atoms with E-state index in [0.29, 0.717) is 17.8 Å². The molecule has 3 unspecified atom stereocenters. The summed E-state index contributed by atoms with van der Waals surface area (Å²) in [6.45, 7) is 8.74. The highest BCUT2D eigenvalue weighted by Gasteiger charge is 2.43. The van der Waals surface area contributed by atoms with E-state index in [-0.39, 0.29) is 0 Å². The van der Waals surface area contributed by atoms with Crippen molar-refractivity contribution in [3.63, 3.8) is 0 Å². The molecule has 1 N–H and O–H groups in total. The van der Waals surface area contributed by atoms with Crippen LogP contribution in [-0.2, 0) is 13.5 Å². The highest BCUT2D eigenvalue weighted by molar-refractivity contribution is 5.13. The highest BCUT2D eigenvalue weighted by Crippen LogP contribution is 2.42. The van der Waals surface area contributed by atoms with Crippen molar-refractivity contribution in [3.8, 4) is 0 Å². The third-order valence-electron chi connectivity index (χ3n) is 4.75. The van der Waals surface area contributed by atoms with Gasteiger partial charge in [0, 0.05) is 19.2 Å². The largest absolute Gasteiger partial charge is 0.389 e. The first-order chi connectivity index (χ1) is 8.82. The molecule has 0 aliphatic heterocycles. The van der Waals surface area contributed by atoms with Gasteiger partial charge in [0.15, 0.2) is 0 Å². The number of rotatable bonds is 3. The van der Waals surface area contributed by atoms with Crippen LogP contribution in [0.25, 0.3) is 0 Å². The molecule has 2 rings (SSSR count). The molecule has 0 aromatic carbocycles. The van der Waals surface area contributed by atoms with Gasteiger partial charge in [-0.3, -0.25) is 4.68 Å². The van der Waals surface area contributed by atoms with E-state index >= 15 is 0 Å². The maximum Gasteiger partial charge on any atom is 0.0735 e. The lowest BCUT2D eigenvalue weighted by Gasteiger charge is -2.44. The van der Waals surface area contributed by atoms with Gasteiger partial charge in [-0.05, 0) is 43.6 Å². The summed E-state index contributed by atoms with van der Waals surface area (Å²) in [6, 6.07) is 2.11. The van der Waals surface area contributed by atoms with Gasteiger partial charge in [0.25, 0.3) is 0 Å². The number of hydrogen-bond acceptors (Lipinski definition) is 2. The summed E-state index contributed by atoms with van der Waals surface area (Å²) < 4.78 is 1.92. The third kappa shape index (κ3) is 3.02. The number of nitrogens with zero attached hydrogens (tertiary/aromatic N) is 2. The molecule has 1 fully saturated rings. The first kappa shape index (κ1) is 14.6. The fourth-order valence-electron chi connectivity index (χ4n) is 3.89. The monoisotopic (exact) mass is 264 g/mol. The second-order valence-corrected chi connectivity index (χ2v) is 6.92. The molecule has 108 valence electrons. The number of hydrogen-bond donors (Lipinski definition) is 1. The normalized spacial score (nSPS) is 31.9. The number of aryl methyl sites for hydroxylation is 2. The Hall–Kier alpha value is -0.830. The molecule has 19 heavy (non-hydrogen) atoms. The van der Waals surface area contributed by atoms with Crippen LogP contribution in [0.2, 0.25) is 0 Å². The lowest BCUT2D eigenvalue weighted by atomic mass is 9.65. The lowest BCUT2D eigenvalue weighted by Crippen LogP contribution is -2.47. The summed E-state index contributed by atoms with van der Waals surface area (Å²) in [5.41, 5.74) is 1.62. The third-order valence-corrected chi connectivity index (χ3v) is 4.75. The Morgan fingerprint density at radius 2 is 2.16 bits per heavy atom. The Balaban J connectivity index is 2.24. The van der Waals surface area contributed by atoms with Crippen LogP contribution >= 0.6 is 0 Å². The Morgan fingerprint density at radius 3 is 2.68 bits per heavy atom. The summed E-state index contributed by atoms with van der Waals surface area (Å²) in [4.78, 5) is 0. The van der Waals surface area contributed by atoms with Crippen LogP contribution in [0, 0.1) is 24.7 Å². The van der Waals surface area contributed by atoms with Crippen molar-refractivity contribution in [1.29, 1.82) is 0 Å². The summed E-state index contributed by atoms with van der Waals surface area (Å²) >= 11 is 0. The van der Waals surface area contributed by atoms with Gasteiger partial charge >= 0.3 is 0 Å². The Morgan fingerprint density at radius 1 is 1.47 bits per heavy atom. The predicted molar refractivity (Wildman–Crippen MR) is 77.9 cm³/mol. The molecule has 1 aromatic heterocycles. The van der Waals surface area contributed by atoms with Gasteiger partial charge in [-0.25, -0.2) is 0 Å². The Kier molecular flexibility index (Phi) is 4.05. The Labute approximate surface area is 117 Å². The van der Waals surface area contributed by atoms with E-state index in [1.165, 1.54) is 6.42 Å². The van der Waals surface area contributed by atoms with E-state index in [0.717, 1.165) is 30.7 Å². The van der Waals surface area contributed by atoms with Crippen LogP contribution in [0.15, 0.2) is 6.07 Å². The molecule has 0 saturated heterocycles. The van der Waals surface area contributed by atoms with Crippen LogP contribution in [0.5, 0.6) is 0 Å². The van der Waals surface area contributed by atoms with Crippen molar-refractivity contribution in [2.75, 3.05) is 0 Å². The van der Waals surface area contributed by atoms with Gasteiger partial charge in [-0.1, -0.05) is 27.2 Å². The number of aromatic nitrogens is 2. The zero-order valence-corrected chi connectivity index (χ0v) is 13.0. The smallest absolute Gasteiger partial charge is 0.0735 e. The zero-order valence-electron chi connectivity index (χ0n) is 13.0. The van der Waals surface area contributed by atoms with Crippen LogP contribution in [0.1, 0.15) is 51.4 Å². The zero-order chi connectivity index (χ0) is 14.2. The molecule has 3 heteroatoms. The SMILES string of the molecule is Cc1cc(CC2(O)CC(C)CCC2C(C)C)n(C)n1. The van der Waals surface area contributed by atoms with Gasteiger partial charge < -0.3 is 5.11 Å². The lowest BCUT2D eigenvalue weighted by molar-refractivity contribution is -0.0805. The predicted octanol–water partition coefficient (Wildman–Crippen LogP) is 3.09. The quantitative estimate of drug-likeness (QED) is 0.911. The summed E-state index contributed by atoms with van der Waals surface area (Å²) in [5, 5.41) is 15.6. The van der Waals surface area contributed by atoms with Crippen LogP contribution < -0.4 is 0 Å². The first-order valence-electron chi connectivity index (χ1n) is 7.53. The second kappa shape index (κ2) is 5.28. The van der Waals surface area contributed by atoms with E-state index in [4.69, 9.17) is 0 Å². The van der Waals surface area contributed by atoms with E-state index < -0.39 is 5.60 Å². The molecular formula is C16H28N2O. The van der Waals surface area contributed by atoms with Crippen LogP contribution in [-0.4, -0.2) is 20.5 Å². The molecule has 3 nitrogen and oxygen atoms in total. The molecule has 0 radical (unpaired) electrons. The highest BCUT2D eigenvalue weighted by atomic mass is 16.3. The van der Waals surface area contributed by atoms with Gasteiger partial charge in [-0.2, -0.15) is 5.10 Å². The molecule has 1 saturated carbocycles. The van der Waals surface area contributed by atoms with Gasteiger partial charge in [0.2, 0.25) is 0 Å². The maximum atomic E-state index is 11.2. The van der Waals surface area contributed by atoms with Gasteiger partial charge in [0.1, 0.15) is 0 Å². The standard InChI is InChI=1S/C16H28N2O/c1-11(2)15-7-6-12(3)9-16(15,19)10-14-8-13(4)17-18(14)5/h8,11-12,15,19H,6-7,9-10H2,1-5H3. The molecule has 1 aliphatic rings. The summed E-state index contributed by atoms with van der Waals surface area (Å²) in [7, 11) is 1.97. The summed E-state index contributed by atoms with van der Waals surface area (Å²) in [6.07, 6.45) is 4.04. The summed E-state index contributed by atoms with van der Waals surface area (Å²) in [5.74, 6) is 1.56. The molecule has 3 atom stereocenters. The minimum absolute atomic E-state index is 0.402. The maximum absolute atomic E-state index is 11.2. The van der Waals surface area contributed by atoms with E-state index in [2.05, 4.69) is 31.9 Å². The van der Waals surface area contributed by atoms with E-state index in [9.17, 15) is 5.11 Å². The van der Waals surface area contributed by atoms with Crippen molar-refractivity contribution in [2.24, 2.45) is 24.8 Å².